The van der Waals surface area contributed by atoms with Crippen LogP contribution in [0, 0.1) is 6.92 Å². The van der Waals surface area contributed by atoms with Gasteiger partial charge >= 0.3 is 0 Å². The van der Waals surface area contributed by atoms with Crippen LogP contribution in [0.25, 0.3) is 0 Å². The van der Waals surface area contributed by atoms with Crippen molar-refractivity contribution in [2.75, 3.05) is 6.54 Å². The molecular weight excluding hydrogens is 148 g/mol. The number of pyridine rings is 1. The predicted molar refractivity (Wildman–Crippen MR) is 50.9 cm³/mol. The van der Waals surface area contributed by atoms with Gasteiger partial charge in [-0.05, 0) is 18.6 Å². The summed E-state index contributed by atoms with van der Waals surface area (Å²) >= 11 is 0. The van der Waals surface area contributed by atoms with Crippen LogP contribution >= 0.6 is 0 Å². The van der Waals surface area contributed by atoms with E-state index in [4.69, 9.17) is 0 Å². The van der Waals surface area contributed by atoms with E-state index in [2.05, 4.69) is 29.9 Å². The highest BCUT2D eigenvalue weighted by Gasteiger charge is 1.95. The standard InChI is InChI=1S/C10H14N2/c1-3-6-11-8-10-9(2)5-4-7-12-10/h3-5,7,11H,1,6,8H2,2H3. The summed E-state index contributed by atoms with van der Waals surface area (Å²) in [7, 11) is 0. The van der Waals surface area contributed by atoms with Gasteiger partial charge in [-0.25, -0.2) is 0 Å². The molecule has 64 valence electrons. The highest BCUT2D eigenvalue weighted by atomic mass is 14.9. The molecule has 0 spiro atoms. The van der Waals surface area contributed by atoms with Crippen LogP contribution in [0.15, 0.2) is 31.0 Å². The van der Waals surface area contributed by atoms with Crippen molar-refractivity contribution in [2.45, 2.75) is 13.5 Å². The molecule has 0 saturated carbocycles. The summed E-state index contributed by atoms with van der Waals surface area (Å²) in [5, 5.41) is 3.21. The lowest BCUT2D eigenvalue weighted by atomic mass is 10.2. The zero-order chi connectivity index (χ0) is 8.81. The van der Waals surface area contributed by atoms with Crippen molar-refractivity contribution in [3.8, 4) is 0 Å². The van der Waals surface area contributed by atoms with E-state index in [-0.39, 0.29) is 0 Å². The van der Waals surface area contributed by atoms with Crippen molar-refractivity contribution in [3.05, 3.63) is 42.2 Å². The molecular formula is C10H14N2. The van der Waals surface area contributed by atoms with Crippen LogP contribution in [0.1, 0.15) is 11.3 Å². The topological polar surface area (TPSA) is 24.9 Å². The van der Waals surface area contributed by atoms with Crippen LogP contribution in [0.2, 0.25) is 0 Å². The van der Waals surface area contributed by atoms with Gasteiger partial charge in [0.15, 0.2) is 0 Å². The minimum atomic E-state index is 0.818. The highest BCUT2D eigenvalue weighted by Crippen LogP contribution is 2.01. The molecule has 0 atom stereocenters. The summed E-state index contributed by atoms with van der Waals surface area (Å²) in [5.74, 6) is 0. The normalized spacial score (nSPS) is 9.75. The Labute approximate surface area is 73.3 Å². The van der Waals surface area contributed by atoms with Crippen molar-refractivity contribution in [1.82, 2.24) is 10.3 Å². The lowest BCUT2D eigenvalue weighted by molar-refractivity contribution is 0.736. The number of aromatic nitrogens is 1. The van der Waals surface area contributed by atoms with Crippen molar-refractivity contribution >= 4 is 0 Å². The highest BCUT2D eigenvalue weighted by molar-refractivity contribution is 5.17. The molecule has 0 saturated heterocycles. The minimum absolute atomic E-state index is 0.818. The van der Waals surface area contributed by atoms with E-state index in [1.807, 2.05) is 18.3 Å². The van der Waals surface area contributed by atoms with E-state index in [0.717, 1.165) is 18.8 Å². The Morgan fingerprint density at radius 3 is 3.17 bits per heavy atom. The Morgan fingerprint density at radius 2 is 2.50 bits per heavy atom. The number of hydrogen-bond acceptors (Lipinski definition) is 2. The van der Waals surface area contributed by atoms with Crippen LogP contribution in [0.3, 0.4) is 0 Å². The van der Waals surface area contributed by atoms with E-state index in [1.54, 1.807) is 0 Å². The molecule has 1 rings (SSSR count). The Bertz CT molecular complexity index is 256. The van der Waals surface area contributed by atoms with Crippen LogP contribution in [-0.4, -0.2) is 11.5 Å². The average molecular weight is 162 g/mol. The first-order valence-electron chi connectivity index (χ1n) is 4.06. The zero-order valence-electron chi connectivity index (χ0n) is 7.38. The molecule has 0 aliphatic heterocycles. The van der Waals surface area contributed by atoms with E-state index >= 15 is 0 Å². The van der Waals surface area contributed by atoms with Crippen molar-refractivity contribution in [3.63, 3.8) is 0 Å². The smallest absolute Gasteiger partial charge is 0.0570 e. The molecule has 0 unspecified atom stereocenters. The SMILES string of the molecule is C=CCNCc1ncccc1C. The summed E-state index contributed by atoms with van der Waals surface area (Å²) < 4.78 is 0. The minimum Gasteiger partial charge on any atom is -0.308 e. The molecule has 2 heteroatoms. The van der Waals surface area contributed by atoms with Crippen molar-refractivity contribution < 1.29 is 0 Å². The summed E-state index contributed by atoms with van der Waals surface area (Å²) in [6.45, 7) is 7.35. The summed E-state index contributed by atoms with van der Waals surface area (Å²) in [5.41, 5.74) is 2.34. The fourth-order valence-electron chi connectivity index (χ4n) is 0.996. The van der Waals surface area contributed by atoms with Crippen molar-refractivity contribution in [2.24, 2.45) is 0 Å². The second-order valence-corrected chi connectivity index (χ2v) is 2.69. The molecule has 1 N–H and O–H groups in total. The van der Waals surface area contributed by atoms with Gasteiger partial charge in [-0.2, -0.15) is 0 Å². The van der Waals surface area contributed by atoms with Gasteiger partial charge in [-0.1, -0.05) is 12.1 Å². The summed E-state index contributed by atoms with van der Waals surface area (Å²) in [4.78, 5) is 4.25. The number of hydrogen-bond donors (Lipinski definition) is 1. The van der Waals surface area contributed by atoms with Gasteiger partial charge < -0.3 is 5.32 Å². The van der Waals surface area contributed by atoms with Crippen LogP contribution in [-0.2, 0) is 6.54 Å². The molecule has 0 aliphatic carbocycles. The monoisotopic (exact) mass is 162 g/mol. The fraction of sp³-hybridized carbons (Fsp3) is 0.300. The molecule has 2 nitrogen and oxygen atoms in total. The first-order chi connectivity index (χ1) is 5.84. The number of nitrogens with zero attached hydrogens (tertiary/aromatic N) is 1. The molecule has 1 aromatic rings. The quantitative estimate of drug-likeness (QED) is 0.538. The lowest BCUT2D eigenvalue weighted by Gasteiger charge is -2.03. The average Bonchev–Trinajstić information content (AvgIpc) is 2.09. The maximum atomic E-state index is 4.25. The maximum absolute atomic E-state index is 4.25. The Morgan fingerprint density at radius 1 is 1.67 bits per heavy atom. The van der Waals surface area contributed by atoms with Crippen molar-refractivity contribution in [1.29, 1.82) is 0 Å². The van der Waals surface area contributed by atoms with Crippen LogP contribution in [0.4, 0.5) is 0 Å². The molecule has 1 aromatic heterocycles. The van der Waals surface area contributed by atoms with Gasteiger partial charge in [-0.3, -0.25) is 4.98 Å². The van der Waals surface area contributed by atoms with E-state index in [1.165, 1.54) is 5.56 Å². The second-order valence-electron chi connectivity index (χ2n) is 2.69. The molecule has 0 aliphatic rings. The van der Waals surface area contributed by atoms with E-state index in [9.17, 15) is 0 Å². The van der Waals surface area contributed by atoms with Gasteiger partial charge in [0, 0.05) is 19.3 Å². The molecule has 1 heterocycles. The third-order valence-electron chi connectivity index (χ3n) is 1.70. The number of rotatable bonds is 4. The van der Waals surface area contributed by atoms with Crippen LogP contribution < -0.4 is 5.32 Å². The third-order valence-corrected chi connectivity index (χ3v) is 1.70. The van der Waals surface area contributed by atoms with Crippen LogP contribution in [0.5, 0.6) is 0 Å². The third kappa shape index (κ3) is 2.47. The molecule has 0 radical (unpaired) electrons. The van der Waals surface area contributed by atoms with E-state index in [0.29, 0.717) is 0 Å². The molecule has 0 fully saturated rings. The Kier molecular flexibility index (Phi) is 3.48. The Balaban J connectivity index is 2.51. The maximum Gasteiger partial charge on any atom is 0.0570 e. The van der Waals surface area contributed by atoms with Gasteiger partial charge in [-0.15, -0.1) is 6.58 Å². The number of aryl methyl sites for hydroxylation is 1. The first-order valence-corrected chi connectivity index (χ1v) is 4.06. The lowest BCUT2D eigenvalue weighted by Crippen LogP contribution is -2.14. The van der Waals surface area contributed by atoms with Gasteiger partial charge in [0.25, 0.3) is 0 Å². The second kappa shape index (κ2) is 4.67. The van der Waals surface area contributed by atoms with Gasteiger partial charge in [0.2, 0.25) is 0 Å². The summed E-state index contributed by atoms with van der Waals surface area (Å²) in [6, 6.07) is 4.02. The molecule has 12 heavy (non-hydrogen) atoms. The summed E-state index contributed by atoms with van der Waals surface area (Å²) in [6.07, 6.45) is 3.66. The first kappa shape index (κ1) is 8.94. The molecule has 0 aromatic carbocycles. The fourth-order valence-corrected chi connectivity index (χ4v) is 0.996. The largest absolute Gasteiger partial charge is 0.308 e. The molecule has 0 amide bonds. The van der Waals surface area contributed by atoms with E-state index < -0.39 is 0 Å². The molecule has 0 bridgehead atoms. The number of nitrogens with one attached hydrogen (secondary N) is 1. The zero-order valence-corrected chi connectivity index (χ0v) is 7.38. The predicted octanol–water partition coefficient (Wildman–Crippen LogP) is 1.67. The Hall–Kier alpha value is -1.15. The van der Waals surface area contributed by atoms with Gasteiger partial charge in [0.1, 0.15) is 0 Å². The van der Waals surface area contributed by atoms with Gasteiger partial charge in [0.05, 0.1) is 5.69 Å².